The Kier molecular flexibility index (Phi) is 114. The van der Waals surface area contributed by atoms with Gasteiger partial charge in [0, 0.05) is 93.0 Å². The fourth-order valence-electron chi connectivity index (χ4n) is 0. The van der Waals surface area contributed by atoms with Gasteiger partial charge in [-0.3, -0.25) is 0 Å². The largest absolute Gasteiger partial charge is 0 e. The van der Waals surface area contributed by atoms with Crippen LogP contribution in [0, 0.1) is 0 Å². The molecule has 0 fully saturated rings. The Morgan fingerprint density at radius 3 is 1.00 bits per heavy atom. The fraction of sp³-hybridized carbons (Fsp3) is 0. The molecule has 11 radical (unpaired) electrons. The van der Waals surface area contributed by atoms with Crippen LogP contribution in [0.2, 0.25) is 0 Å². The van der Waals surface area contributed by atoms with Gasteiger partial charge in [-0.1, -0.05) is 0 Å². The minimum atomic E-state index is 0. The summed E-state index contributed by atoms with van der Waals surface area (Å²) in [5.41, 5.74) is 0. The van der Waals surface area contributed by atoms with Gasteiger partial charge in [-0.25, -0.2) is 0 Å². The number of hydrogen-bond donors (Lipinski definition) is 0. The monoisotopic (exact) mass is 507 g/mol. The SMILES string of the molecule is [Bi].[Cu].[In].[Sn]. The molecule has 0 bridgehead atoms. The summed E-state index contributed by atoms with van der Waals surface area (Å²) in [5, 5.41) is 0. The molecule has 23 valence electrons. The molecule has 0 atom stereocenters. The van der Waals surface area contributed by atoms with Crippen LogP contribution in [0.4, 0.5) is 0 Å². The molecule has 4 heavy (non-hydrogen) atoms. The molecule has 0 aromatic rings. The van der Waals surface area contributed by atoms with Gasteiger partial charge in [0.2, 0.25) is 0 Å². The van der Waals surface area contributed by atoms with Crippen LogP contribution in [0.3, 0.4) is 0 Å². The second kappa shape index (κ2) is 16.6. The molecule has 0 aliphatic carbocycles. The van der Waals surface area contributed by atoms with E-state index in [-0.39, 0.29) is 93.0 Å². The van der Waals surface area contributed by atoms with Crippen LogP contribution in [0.5, 0.6) is 0 Å². The first kappa shape index (κ1) is 27.6. The minimum Gasteiger partial charge on any atom is 0 e. The third-order valence-electron chi connectivity index (χ3n) is 0. The third-order valence-corrected chi connectivity index (χ3v) is 0. The molecular weight excluding hydrogens is 506 g/mol. The molecular formula is BiCuInSn. The van der Waals surface area contributed by atoms with Gasteiger partial charge in [0.1, 0.15) is 0 Å². The molecule has 0 aromatic heterocycles. The molecule has 0 N–H and O–H groups in total. The first-order valence-electron chi connectivity index (χ1n) is 0. The summed E-state index contributed by atoms with van der Waals surface area (Å²) in [5.74, 6) is 0. The van der Waals surface area contributed by atoms with E-state index in [1.807, 2.05) is 0 Å². The molecule has 0 spiro atoms. The van der Waals surface area contributed by atoms with E-state index in [2.05, 4.69) is 0 Å². The van der Waals surface area contributed by atoms with Gasteiger partial charge in [0.25, 0.3) is 0 Å². The van der Waals surface area contributed by atoms with Crippen molar-refractivity contribution in [2.24, 2.45) is 0 Å². The second-order valence-corrected chi connectivity index (χ2v) is 0. The summed E-state index contributed by atoms with van der Waals surface area (Å²) in [6.45, 7) is 0. The topological polar surface area (TPSA) is 0 Å². The van der Waals surface area contributed by atoms with Crippen LogP contribution >= 0.6 is 0 Å². The molecule has 0 rings (SSSR count). The first-order chi connectivity index (χ1) is 0. The summed E-state index contributed by atoms with van der Waals surface area (Å²) < 4.78 is 0. The maximum atomic E-state index is 0. The van der Waals surface area contributed by atoms with E-state index in [0.717, 1.165) is 0 Å². The summed E-state index contributed by atoms with van der Waals surface area (Å²) in [6, 6.07) is 0. The van der Waals surface area contributed by atoms with Gasteiger partial charge in [-0.15, -0.1) is 0 Å². The van der Waals surface area contributed by atoms with E-state index in [4.69, 9.17) is 0 Å². The van der Waals surface area contributed by atoms with Crippen LogP contribution in [0.1, 0.15) is 0 Å². The molecule has 0 aromatic carbocycles. The smallest absolute Gasteiger partial charge is 0 e. The Balaban J connectivity index is 0. The molecule has 0 heterocycles. The summed E-state index contributed by atoms with van der Waals surface area (Å²) >= 11 is 0. The van der Waals surface area contributed by atoms with Crippen LogP contribution in [-0.4, -0.2) is 76.0 Å². The Morgan fingerprint density at radius 1 is 1.00 bits per heavy atom. The van der Waals surface area contributed by atoms with Gasteiger partial charge in [0.15, 0.2) is 0 Å². The predicted octanol–water partition coefficient (Wildman–Crippen LogP) is -1.14. The average Bonchev–Trinajstić information content (AvgIpc) is 0. The van der Waals surface area contributed by atoms with Crippen molar-refractivity contribution in [3.8, 4) is 0 Å². The van der Waals surface area contributed by atoms with E-state index < -0.39 is 0 Å². The Labute approximate surface area is 91.2 Å². The zero-order valence-corrected chi connectivity index (χ0v) is 12.4. The molecule has 0 saturated heterocycles. The minimum absolute atomic E-state index is 0. The summed E-state index contributed by atoms with van der Waals surface area (Å²) in [4.78, 5) is 0. The van der Waals surface area contributed by atoms with Crippen LogP contribution in [0.15, 0.2) is 0 Å². The van der Waals surface area contributed by atoms with Crippen molar-refractivity contribution in [3.05, 3.63) is 0 Å². The normalized spacial score (nSPS) is 0. The molecule has 4 heteroatoms. The van der Waals surface area contributed by atoms with Crippen molar-refractivity contribution in [1.82, 2.24) is 0 Å². The average molecular weight is 506 g/mol. The van der Waals surface area contributed by atoms with Crippen LogP contribution < -0.4 is 0 Å². The zero-order chi connectivity index (χ0) is 0. The standard InChI is InChI=1S/Bi.Cu.In.Sn. The number of rotatable bonds is 0. The molecule has 0 aliphatic heterocycles. The van der Waals surface area contributed by atoms with Crippen molar-refractivity contribution in [2.75, 3.05) is 0 Å². The first-order valence-corrected chi connectivity index (χ1v) is 0. The van der Waals surface area contributed by atoms with E-state index >= 15 is 0 Å². The van der Waals surface area contributed by atoms with E-state index in [1.54, 1.807) is 0 Å². The predicted molar refractivity (Wildman–Crippen MR) is 17.3 cm³/mol. The van der Waals surface area contributed by atoms with E-state index in [1.165, 1.54) is 0 Å². The van der Waals surface area contributed by atoms with E-state index in [9.17, 15) is 0 Å². The maximum Gasteiger partial charge on any atom is 0 e. The van der Waals surface area contributed by atoms with Crippen molar-refractivity contribution in [3.63, 3.8) is 0 Å². The summed E-state index contributed by atoms with van der Waals surface area (Å²) in [6.07, 6.45) is 0. The zero-order valence-electron chi connectivity index (χ0n) is 1.83. The Bertz CT molecular complexity index is 8.00. The maximum absolute atomic E-state index is 0. The van der Waals surface area contributed by atoms with Gasteiger partial charge in [-0.2, -0.15) is 0 Å². The molecule has 0 amide bonds. The molecule has 0 aliphatic rings. The molecule has 0 saturated carbocycles. The van der Waals surface area contributed by atoms with Crippen molar-refractivity contribution in [1.29, 1.82) is 0 Å². The van der Waals surface area contributed by atoms with Crippen molar-refractivity contribution < 1.29 is 17.1 Å². The molecule has 0 nitrogen and oxygen atoms in total. The van der Waals surface area contributed by atoms with Crippen molar-refractivity contribution >= 4 is 76.0 Å². The van der Waals surface area contributed by atoms with Gasteiger partial charge in [-0.05, 0) is 0 Å². The Hall–Kier alpha value is 3.07. The van der Waals surface area contributed by atoms with Crippen molar-refractivity contribution in [2.45, 2.75) is 0 Å². The summed E-state index contributed by atoms with van der Waals surface area (Å²) in [7, 11) is 0. The molecule has 0 unspecified atom stereocenters. The third kappa shape index (κ3) is 8.91. The second-order valence-electron chi connectivity index (χ2n) is 0. The quantitative estimate of drug-likeness (QED) is 0.365. The van der Waals surface area contributed by atoms with Crippen LogP contribution in [-0.2, 0) is 17.1 Å². The van der Waals surface area contributed by atoms with Crippen LogP contribution in [0.25, 0.3) is 0 Å². The fourth-order valence-corrected chi connectivity index (χ4v) is 0. The van der Waals surface area contributed by atoms with Gasteiger partial charge >= 0.3 is 0 Å². The Morgan fingerprint density at radius 2 is 1.00 bits per heavy atom. The number of hydrogen-bond acceptors (Lipinski definition) is 0. The van der Waals surface area contributed by atoms with Gasteiger partial charge < -0.3 is 0 Å². The van der Waals surface area contributed by atoms with Gasteiger partial charge in [0.05, 0.1) is 0 Å². The van der Waals surface area contributed by atoms with E-state index in [0.29, 0.717) is 0 Å².